The van der Waals surface area contributed by atoms with Gasteiger partial charge in [0.05, 0.1) is 6.17 Å². The molecular weight excluding hydrogens is 472 g/mol. The van der Waals surface area contributed by atoms with Gasteiger partial charge in [0.1, 0.15) is 0 Å². The molecule has 0 N–H and O–H groups in total. The van der Waals surface area contributed by atoms with Crippen LogP contribution in [0.1, 0.15) is 207 Å². The zero-order valence-electron chi connectivity index (χ0n) is 27.5. The van der Waals surface area contributed by atoms with Crippen LogP contribution in [0, 0.1) is 0 Å². The summed E-state index contributed by atoms with van der Waals surface area (Å²) < 4.78 is 0. The van der Waals surface area contributed by atoms with E-state index in [-0.39, 0.29) is 0 Å². The highest BCUT2D eigenvalue weighted by Gasteiger charge is 2.20. The summed E-state index contributed by atoms with van der Waals surface area (Å²) >= 11 is 0. The van der Waals surface area contributed by atoms with Crippen LogP contribution >= 0.6 is 0 Å². The molecule has 2 heteroatoms. The first kappa shape index (κ1) is 36.4. The number of unbranched alkanes of at least 4 members (excludes halogenated alkanes) is 27. The van der Waals surface area contributed by atoms with E-state index in [1.165, 1.54) is 199 Å². The maximum absolute atomic E-state index is 2.58. The van der Waals surface area contributed by atoms with Crippen molar-refractivity contribution in [1.82, 2.24) is 9.80 Å². The molecule has 0 aromatic heterocycles. The SMILES string of the molecule is CCCCCCCCCCCCCCCCCCCN1C=CN(CCCCCCCCCCCCCC)C1C. The molecule has 0 amide bonds. The summed E-state index contributed by atoms with van der Waals surface area (Å²) in [7, 11) is 0. The summed E-state index contributed by atoms with van der Waals surface area (Å²) in [4.78, 5) is 5.15. The van der Waals surface area contributed by atoms with Crippen molar-refractivity contribution >= 4 is 0 Å². The first-order valence-corrected chi connectivity index (χ1v) is 18.5. The molecule has 39 heavy (non-hydrogen) atoms. The molecule has 1 heterocycles. The Kier molecular flexibility index (Phi) is 26.9. The van der Waals surface area contributed by atoms with Gasteiger partial charge in [0, 0.05) is 25.5 Å². The topological polar surface area (TPSA) is 6.48 Å². The fraction of sp³-hybridized carbons (Fsp3) is 0.946. The third-order valence-corrected chi connectivity index (χ3v) is 9.20. The molecule has 2 nitrogen and oxygen atoms in total. The standard InChI is InChI=1S/C37H74N2/c1-4-6-8-10-12-14-16-18-19-20-21-22-24-26-28-30-32-34-39-36-35-38(37(39)3)33-31-29-27-25-23-17-15-13-11-9-7-5-2/h35-37H,4-34H2,1-3H3. The van der Waals surface area contributed by atoms with Crippen molar-refractivity contribution in [2.75, 3.05) is 13.1 Å². The van der Waals surface area contributed by atoms with Crippen LogP contribution < -0.4 is 0 Å². The van der Waals surface area contributed by atoms with E-state index in [2.05, 4.69) is 43.0 Å². The quantitative estimate of drug-likeness (QED) is 0.0798. The van der Waals surface area contributed by atoms with E-state index in [0.29, 0.717) is 6.17 Å². The van der Waals surface area contributed by atoms with Gasteiger partial charge < -0.3 is 9.80 Å². The number of nitrogens with zero attached hydrogens (tertiary/aromatic N) is 2. The lowest BCUT2D eigenvalue weighted by Crippen LogP contribution is -2.36. The van der Waals surface area contributed by atoms with Crippen LogP contribution in [-0.2, 0) is 0 Å². The largest absolute Gasteiger partial charge is 0.356 e. The first-order chi connectivity index (χ1) is 19.3. The molecule has 0 aromatic carbocycles. The maximum atomic E-state index is 2.58. The molecule has 1 aliphatic heterocycles. The Balaban J connectivity index is 1.81. The molecule has 0 aromatic rings. The molecule has 0 spiro atoms. The average Bonchev–Trinajstić information content (AvgIpc) is 3.29. The molecule has 1 unspecified atom stereocenters. The van der Waals surface area contributed by atoms with Crippen LogP contribution in [0.4, 0.5) is 0 Å². The molecule has 0 bridgehead atoms. The minimum absolute atomic E-state index is 0.568. The van der Waals surface area contributed by atoms with Crippen molar-refractivity contribution in [2.45, 2.75) is 213 Å². The highest BCUT2D eigenvalue weighted by molar-refractivity contribution is 4.95. The molecule has 1 aliphatic rings. The second-order valence-electron chi connectivity index (χ2n) is 13.0. The summed E-state index contributed by atoms with van der Waals surface area (Å²) in [5.41, 5.74) is 0. The van der Waals surface area contributed by atoms with Crippen LogP contribution in [-0.4, -0.2) is 29.1 Å². The molecule has 0 aliphatic carbocycles. The van der Waals surface area contributed by atoms with Crippen LogP contribution in [0.25, 0.3) is 0 Å². The average molecular weight is 547 g/mol. The number of hydrogen-bond acceptors (Lipinski definition) is 2. The summed E-state index contributed by atoms with van der Waals surface area (Å²) in [5, 5.41) is 0. The van der Waals surface area contributed by atoms with Gasteiger partial charge in [0.15, 0.2) is 0 Å². The Bertz CT molecular complexity index is 502. The van der Waals surface area contributed by atoms with Crippen molar-refractivity contribution in [3.05, 3.63) is 12.4 Å². The highest BCUT2D eigenvalue weighted by Crippen LogP contribution is 2.19. The normalized spacial score (nSPS) is 15.2. The third-order valence-electron chi connectivity index (χ3n) is 9.20. The molecule has 232 valence electrons. The Morgan fingerprint density at radius 3 is 0.769 bits per heavy atom. The van der Waals surface area contributed by atoms with Crippen molar-refractivity contribution in [3.8, 4) is 0 Å². The number of rotatable bonds is 31. The van der Waals surface area contributed by atoms with Crippen LogP contribution in [0.2, 0.25) is 0 Å². The zero-order chi connectivity index (χ0) is 28.1. The van der Waals surface area contributed by atoms with E-state index in [1.807, 2.05) is 0 Å². The zero-order valence-corrected chi connectivity index (χ0v) is 27.5. The van der Waals surface area contributed by atoms with Gasteiger partial charge in [0.2, 0.25) is 0 Å². The summed E-state index contributed by atoms with van der Waals surface area (Å²) in [6.07, 6.45) is 47.2. The van der Waals surface area contributed by atoms with E-state index >= 15 is 0 Å². The number of hydrogen-bond donors (Lipinski definition) is 0. The van der Waals surface area contributed by atoms with Gasteiger partial charge in [-0.15, -0.1) is 0 Å². The predicted octanol–water partition coefficient (Wildman–Crippen LogP) is 12.8. The Morgan fingerprint density at radius 1 is 0.333 bits per heavy atom. The van der Waals surface area contributed by atoms with Gasteiger partial charge in [-0.1, -0.05) is 187 Å². The lowest BCUT2D eigenvalue weighted by atomic mass is 10.0. The van der Waals surface area contributed by atoms with Crippen molar-refractivity contribution in [1.29, 1.82) is 0 Å². The van der Waals surface area contributed by atoms with Gasteiger partial charge in [-0.2, -0.15) is 0 Å². The van der Waals surface area contributed by atoms with E-state index in [4.69, 9.17) is 0 Å². The molecule has 0 saturated carbocycles. The van der Waals surface area contributed by atoms with Crippen LogP contribution in [0.5, 0.6) is 0 Å². The van der Waals surface area contributed by atoms with Crippen molar-refractivity contribution in [2.24, 2.45) is 0 Å². The second-order valence-corrected chi connectivity index (χ2v) is 13.0. The summed E-state index contributed by atoms with van der Waals surface area (Å²) in [6.45, 7) is 9.49. The fourth-order valence-electron chi connectivity index (χ4n) is 6.29. The minimum Gasteiger partial charge on any atom is -0.356 e. The molecular formula is C37H74N2. The minimum atomic E-state index is 0.568. The van der Waals surface area contributed by atoms with Gasteiger partial charge in [-0.05, 0) is 19.8 Å². The van der Waals surface area contributed by atoms with Gasteiger partial charge in [-0.3, -0.25) is 0 Å². The van der Waals surface area contributed by atoms with Crippen LogP contribution in [0.3, 0.4) is 0 Å². The Labute approximate surface area is 248 Å². The van der Waals surface area contributed by atoms with E-state index in [9.17, 15) is 0 Å². The summed E-state index contributed by atoms with van der Waals surface area (Å²) in [5.74, 6) is 0. The molecule has 1 atom stereocenters. The third kappa shape index (κ3) is 22.7. The van der Waals surface area contributed by atoms with Crippen LogP contribution in [0.15, 0.2) is 12.4 Å². The van der Waals surface area contributed by atoms with Gasteiger partial charge in [0.25, 0.3) is 0 Å². The molecule has 1 rings (SSSR count). The van der Waals surface area contributed by atoms with Crippen molar-refractivity contribution in [3.63, 3.8) is 0 Å². The van der Waals surface area contributed by atoms with E-state index < -0.39 is 0 Å². The smallest absolute Gasteiger partial charge is 0.0977 e. The predicted molar refractivity (Wildman–Crippen MR) is 177 cm³/mol. The Morgan fingerprint density at radius 2 is 0.538 bits per heavy atom. The Hall–Kier alpha value is -0.660. The molecule has 0 saturated heterocycles. The molecule has 0 radical (unpaired) electrons. The fourth-order valence-corrected chi connectivity index (χ4v) is 6.29. The molecule has 0 fully saturated rings. The van der Waals surface area contributed by atoms with E-state index in [1.54, 1.807) is 0 Å². The highest BCUT2D eigenvalue weighted by atomic mass is 15.4. The monoisotopic (exact) mass is 547 g/mol. The van der Waals surface area contributed by atoms with Crippen molar-refractivity contribution < 1.29 is 0 Å². The maximum Gasteiger partial charge on any atom is 0.0977 e. The lowest BCUT2D eigenvalue weighted by molar-refractivity contribution is 0.165. The van der Waals surface area contributed by atoms with Gasteiger partial charge >= 0.3 is 0 Å². The van der Waals surface area contributed by atoms with E-state index in [0.717, 1.165) is 0 Å². The first-order valence-electron chi connectivity index (χ1n) is 18.5. The summed E-state index contributed by atoms with van der Waals surface area (Å²) in [6, 6.07) is 0. The second kappa shape index (κ2) is 28.9. The van der Waals surface area contributed by atoms with Gasteiger partial charge in [-0.25, -0.2) is 0 Å². The lowest BCUT2D eigenvalue weighted by Gasteiger charge is -2.30.